The van der Waals surface area contributed by atoms with Gasteiger partial charge >= 0.3 is 5.97 Å². The highest BCUT2D eigenvalue weighted by atomic mass is 32.2. The molecule has 172 valence electrons. The van der Waals surface area contributed by atoms with Crippen LogP contribution in [-0.2, 0) is 19.6 Å². The summed E-state index contributed by atoms with van der Waals surface area (Å²) < 4.78 is 31.8. The lowest BCUT2D eigenvalue weighted by atomic mass is 10.1. The van der Waals surface area contributed by atoms with Gasteiger partial charge < -0.3 is 20.5 Å². The second-order valence-electron chi connectivity index (χ2n) is 7.62. The van der Waals surface area contributed by atoms with Crippen molar-refractivity contribution in [3.63, 3.8) is 0 Å². The number of aliphatic hydroxyl groups excluding tert-OH is 1. The lowest BCUT2D eigenvalue weighted by molar-refractivity contribution is -0.130. The Kier molecular flexibility index (Phi) is 7.49. The Morgan fingerprint density at radius 2 is 1.84 bits per heavy atom. The molecule has 0 heterocycles. The van der Waals surface area contributed by atoms with Crippen LogP contribution in [0.2, 0.25) is 0 Å². The van der Waals surface area contributed by atoms with Crippen molar-refractivity contribution < 1.29 is 27.9 Å². The number of aliphatic hydroxyl groups is 1. The summed E-state index contributed by atoms with van der Waals surface area (Å²) in [6.45, 7) is -0.0486. The maximum Gasteiger partial charge on any atom is 0.341 e. The zero-order valence-electron chi connectivity index (χ0n) is 17.9. The first-order chi connectivity index (χ1) is 15.2. The molecule has 1 saturated carbocycles. The van der Waals surface area contributed by atoms with Gasteiger partial charge in [-0.1, -0.05) is 30.3 Å². The van der Waals surface area contributed by atoms with Gasteiger partial charge in [-0.15, -0.1) is 0 Å². The van der Waals surface area contributed by atoms with E-state index in [1.54, 1.807) is 30.3 Å². The summed E-state index contributed by atoms with van der Waals surface area (Å²) in [7, 11) is -1.03. The van der Waals surface area contributed by atoms with E-state index in [4.69, 9.17) is 9.84 Å². The number of hydrogen-bond donors (Lipinski definition) is 3. The molecule has 1 unspecified atom stereocenters. The van der Waals surface area contributed by atoms with Crippen LogP contribution in [0.3, 0.4) is 0 Å². The van der Waals surface area contributed by atoms with Gasteiger partial charge in [0.25, 0.3) is 5.91 Å². The van der Waals surface area contributed by atoms with Crippen molar-refractivity contribution >= 4 is 27.6 Å². The van der Waals surface area contributed by atoms with E-state index in [9.17, 15) is 18.0 Å². The molecular weight excluding hydrogens is 434 g/mol. The molecule has 1 aliphatic rings. The Bertz CT molecular complexity index is 1070. The van der Waals surface area contributed by atoms with Crippen molar-refractivity contribution in [2.75, 3.05) is 32.6 Å². The van der Waals surface area contributed by atoms with E-state index in [0.29, 0.717) is 5.56 Å². The van der Waals surface area contributed by atoms with E-state index in [2.05, 4.69) is 10.6 Å². The third-order valence-electron chi connectivity index (χ3n) is 4.91. The Morgan fingerprint density at radius 3 is 2.44 bits per heavy atom. The van der Waals surface area contributed by atoms with Gasteiger partial charge in [-0.05, 0) is 31.0 Å². The minimum atomic E-state index is -3.81. The minimum Gasteiger partial charge on any atom is -0.444 e. The van der Waals surface area contributed by atoms with Crippen LogP contribution in [0, 0.1) is 0 Å². The smallest absolute Gasteiger partial charge is 0.341 e. The van der Waals surface area contributed by atoms with E-state index < -0.39 is 28.0 Å². The third-order valence-corrected chi connectivity index (χ3v) is 6.72. The first-order valence-corrected chi connectivity index (χ1v) is 11.7. The highest BCUT2D eigenvalue weighted by molar-refractivity contribution is 7.89. The number of rotatable bonds is 10. The highest BCUT2D eigenvalue weighted by Gasteiger charge is 2.32. The van der Waals surface area contributed by atoms with Crippen molar-refractivity contribution in [2.45, 2.75) is 29.9 Å². The number of carbonyl (C=O) groups excluding carboxylic acids is 2. The topological polar surface area (TPSA) is 125 Å². The summed E-state index contributed by atoms with van der Waals surface area (Å²) in [5.74, 6) is -1.30. The number of nitrogens with one attached hydrogen (secondary N) is 2. The van der Waals surface area contributed by atoms with E-state index >= 15 is 0 Å². The molecule has 0 aromatic heterocycles. The van der Waals surface area contributed by atoms with Crippen LogP contribution >= 0.6 is 0 Å². The molecule has 0 aliphatic heterocycles. The average molecular weight is 462 g/mol. The molecule has 10 heteroatoms. The zero-order valence-corrected chi connectivity index (χ0v) is 18.8. The van der Waals surface area contributed by atoms with Crippen LogP contribution in [0.1, 0.15) is 34.9 Å². The zero-order chi connectivity index (χ0) is 23.3. The summed E-state index contributed by atoms with van der Waals surface area (Å²) in [5.41, 5.74) is 0.735. The second kappa shape index (κ2) is 10.1. The Hall–Kier alpha value is -2.95. The van der Waals surface area contributed by atoms with Crippen LogP contribution in [0.5, 0.6) is 0 Å². The van der Waals surface area contributed by atoms with E-state index in [1.165, 1.54) is 32.3 Å². The lowest BCUT2D eigenvalue weighted by Gasteiger charge is -2.20. The fraction of sp³-hybridized carbons (Fsp3) is 0.364. The summed E-state index contributed by atoms with van der Waals surface area (Å²) in [4.78, 5) is 25.9. The maximum atomic E-state index is 13.2. The van der Waals surface area contributed by atoms with Gasteiger partial charge in [-0.3, -0.25) is 4.79 Å². The molecule has 1 amide bonds. The number of ether oxygens (including phenoxy) is 1. The van der Waals surface area contributed by atoms with Gasteiger partial charge in [0.2, 0.25) is 16.1 Å². The molecule has 0 radical (unpaired) electrons. The summed E-state index contributed by atoms with van der Waals surface area (Å²) in [6.07, 6.45) is 0.561. The average Bonchev–Trinajstić information content (AvgIpc) is 3.60. The Balaban J connectivity index is 1.95. The largest absolute Gasteiger partial charge is 0.444 e. The molecule has 2 aromatic carbocycles. The number of benzene rings is 2. The lowest BCUT2D eigenvalue weighted by Crippen LogP contribution is -2.33. The number of sulfonamides is 1. The number of nitrogens with zero attached hydrogens (tertiary/aromatic N) is 1. The van der Waals surface area contributed by atoms with Gasteiger partial charge in [0.1, 0.15) is 0 Å². The predicted octanol–water partition coefficient (Wildman–Crippen LogP) is 1.52. The van der Waals surface area contributed by atoms with Crippen LogP contribution in [0.4, 0.5) is 5.69 Å². The Labute approximate surface area is 187 Å². The van der Waals surface area contributed by atoms with Gasteiger partial charge in [0.05, 0.1) is 17.1 Å². The van der Waals surface area contributed by atoms with Crippen LogP contribution in [-0.4, -0.2) is 63.0 Å². The molecule has 1 atom stereocenters. The van der Waals surface area contributed by atoms with Gasteiger partial charge in [0, 0.05) is 37.9 Å². The van der Waals surface area contributed by atoms with Crippen molar-refractivity contribution in [3.05, 3.63) is 59.7 Å². The standard InChI is InChI=1S/C22H27N3O6S/c1-25(2)32(29,30)17-10-11-19(23-12-13-26)18(14-17)22(28)31-20(15-6-4-3-5-7-15)21(27)24-16-8-9-16/h3-7,10-11,14,16,20,23,26H,8-9,12-13H2,1-2H3,(H,24,27). The Morgan fingerprint density at radius 1 is 1.16 bits per heavy atom. The quantitative estimate of drug-likeness (QED) is 0.458. The SMILES string of the molecule is CN(C)S(=O)(=O)c1ccc(NCCO)c(C(=O)OC(C(=O)NC2CC2)c2ccccc2)c1. The monoisotopic (exact) mass is 461 g/mol. The fourth-order valence-electron chi connectivity index (χ4n) is 2.98. The van der Waals surface area contributed by atoms with Gasteiger partial charge in [-0.25, -0.2) is 17.5 Å². The number of hydrogen-bond acceptors (Lipinski definition) is 7. The molecule has 2 aromatic rings. The number of amides is 1. The minimum absolute atomic E-state index is 0.0541. The fourth-order valence-corrected chi connectivity index (χ4v) is 3.91. The van der Waals surface area contributed by atoms with Crippen molar-refractivity contribution in [2.24, 2.45) is 0 Å². The van der Waals surface area contributed by atoms with Crippen LogP contribution in [0.15, 0.2) is 53.4 Å². The van der Waals surface area contributed by atoms with E-state index in [0.717, 1.165) is 17.1 Å². The number of carbonyl (C=O) groups is 2. The van der Waals surface area contributed by atoms with E-state index in [-0.39, 0.29) is 35.3 Å². The molecule has 32 heavy (non-hydrogen) atoms. The van der Waals surface area contributed by atoms with Crippen LogP contribution in [0.25, 0.3) is 0 Å². The van der Waals surface area contributed by atoms with Crippen molar-refractivity contribution in [3.8, 4) is 0 Å². The van der Waals surface area contributed by atoms with Crippen molar-refractivity contribution in [1.29, 1.82) is 0 Å². The summed E-state index contributed by atoms with van der Waals surface area (Å²) in [5, 5.41) is 14.9. The first-order valence-electron chi connectivity index (χ1n) is 10.2. The summed E-state index contributed by atoms with van der Waals surface area (Å²) >= 11 is 0. The van der Waals surface area contributed by atoms with Gasteiger partial charge in [0.15, 0.2) is 0 Å². The first kappa shape index (κ1) is 23.7. The van der Waals surface area contributed by atoms with Gasteiger partial charge in [-0.2, -0.15) is 0 Å². The predicted molar refractivity (Wildman–Crippen MR) is 119 cm³/mol. The molecule has 1 fully saturated rings. The molecule has 0 spiro atoms. The molecule has 0 bridgehead atoms. The second-order valence-corrected chi connectivity index (χ2v) is 9.78. The van der Waals surface area contributed by atoms with E-state index in [1.807, 2.05) is 0 Å². The number of esters is 1. The third kappa shape index (κ3) is 5.64. The van der Waals surface area contributed by atoms with Crippen LogP contribution < -0.4 is 10.6 Å². The highest BCUT2D eigenvalue weighted by Crippen LogP contribution is 2.27. The molecule has 1 aliphatic carbocycles. The molecule has 9 nitrogen and oxygen atoms in total. The summed E-state index contributed by atoms with van der Waals surface area (Å²) in [6, 6.07) is 12.7. The van der Waals surface area contributed by atoms with Crippen molar-refractivity contribution in [1.82, 2.24) is 9.62 Å². The number of anilines is 1. The molecule has 3 N–H and O–H groups in total. The molecule has 0 saturated heterocycles. The molecule has 3 rings (SSSR count). The normalized spacial score (nSPS) is 14.6. The molecular formula is C22H27N3O6S. The maximum absolute atomic E-state index is 13.2.